The molecule has 2 atom stereocenters. The molecule has 1 unspecified atom stereocenters. The number of aliphatic hydroxyl groups excluding tert-OH is 1. The van der Waals surface area contributed by atoms with Gasteiger partial charge in [0.1, 0.15) is 6.04 Å². The molecule has 76 valence electrons. The van der Waals surface area contributed by atoms with Gasteiger partial charge >= 0.3 is 5.97 Å². The molecule has 0 saturated carbocycles. The van der Waals surface area contributed by atoms with Gasteiger partial charge in [0.05, 0.1) is 12.5 Å². The summed E-state index contributed by atoms with van der Waals surface area (Å²) in [6, 6.07) is -0.991. The van der Waals surface area contributed by atoms with Gasteiger partial charge in [-0.2, -0.15) is 12.6 Å². The van der Waals surface area contributed by atoms with Crippen molar-refractivity contribution in [1.29, 1.82) is 0 Å². The van der Waals surface area contributed by atoms with Crippen molar-refractivity contribution in [2.45, 2.75) is 25.5 Å². The Labute approximate surface area is 81.5 Å². The maximum atomic E-state index is 11.0. The number of hydrogen-bond donors (Lipinski definition) is 4. The fraction of sp³-hybridized carbons (Fsp3) is 0.714. The van der Waals surface area contributed by atoms with Crippen molar-refractivity contribution in [3.05, 3.63) is 0 Å². The molecule has 0 aromatic rings. The number of amides is 1. The molecule has 0 spiro atoms. The zero-order valence-electron chi connectivity index (χ0n) is 7.23. The van der Waals surface area contributed by atoms with Crippen LogP contribution in [0.5, 0.6) is 0 Å². The molecule has 6 heteroatoms. The molecule has 0 aliphatic carbocycles. The third-order valence-corrected chi connectivity index (χ3v) is 1.66. The average Bonchev–Trinajstić information content (AvgIpc) is 1.98. The summed E-state index contributed by atoms with van der Waals surface area (Å²) in [6.45, 7) is 1.45. The SMILES string of the molecule is CC(O)CC(=O)N[C@@H](CS)C(=O)O. The number of carboxylic acid groups (broad SMARTS) is 1. The summed E-state index contributed by atoms with van der Waals surface area (Å²) in [7, 11) is 0. The highest BCUT2D eigenvalue weighted by Gasteiger charge is 2.18. The van der Waals surface area contributed by atoms with Crippen molar-refractivity contribution in [1.82, 2.24) is 5.32 Å². The number of nitrogens with one attached hydrogen (secondary N) is 1. The molecule has 5 nitrogen and oxygen atoms in total. The van der Waals surface area contributed by atoms with E-state index >= 15 is 0 Å². The number of rotatable bonds is 5. The molecule has 0 aliphatic heterocycles. The van der Waals surface area contributed by atoms with Gasteiger partial charge in [-0.15, -0.1) is 0 Å². The zero-order chi connectivity index (χ0) is 10.4. The molecule has 0 saturated heterocycles. The summed E-state index contributed by atoms with van der Waals surface area (Å²) in [5, 5.41) is 19.6. The van der Waals surface area contributed by atoms with E-state index in [-0.39, 0.29) is 12.2 Å². The van der Waals surface area contributed by atoms with Gasteiger partial charge in [-0.05, 0) is 6.92 Å². The molecule has 0 fully saturated rings. The van der Waals surface area contributed by atoms with Gasteiger partial charge in [0, 0.05) is 5.75 Å². The second kappa shape index (κ2) is 5.82. The van der Waals surface area contributed by atoms with Crippen molar-refractivity contribution in [2.24, 2.45) is 0 Å². The second-order valence-corrected chi connectivity index (χ2v) is 3.06. The van der Waals surface area contributed by atoms with Crippen molar-refractivity contribution in [3.8, 4) is 0 Å². The highest BCUT2D eigenvalue weighted by molar-refractivity contribution is 7.80. The Morgan fingerprint density at radius 1 is 1.54 bits per heavy atom. The minimum Gasteiger partial charge on any atom is -0.480 e. The van der Waals surface area contributed by atoms with E-state index in [1.807, 2.05) is 0 Å². The summed E-state index contributed by atoms with van der Waals surface area (Å²) >= 11 is 3.76. The van der Waals surface area contributed by atoms with E-state index in [9.17, 15) is 9.59 Å². The van der Waals surface area contributed by atoms with E-state index in [0.29, 0.717) is 0 Å². The van der Waals surface area contributed by atoms with Gasteiger partial charge in [0.2, 0.25) is 5.91 Å². The van der Waals surface area contributed by atoms with Gasteiger partial charge in [-0.1, -0.05) is 0 Å². The summed E-state index contributed by atoms with van der Waals surface area (Å²) in [6.07, 6.45) is -0.869. The third-order valence-electron chi connectivity index (χ3n) is 1.30. The number of carboxylic acids is 1. The molecule has 0 aromatic heterocycles. The zero-order valence-corrected chi connectivity index (χ0v) is 8.12. The van der Waals surface area contributed by atoms with E-state index in [2.05, 4.69) is 17.9 Å². The molecule has 0 radical (unpaired) electrons. The van der Waals surface area contributed by atoms with Crippen LogP contribution in [-0.4, -0.2) is 40.0 Å². The number of aliphatic hydroxyl groups is 1. The molecule has 3 N–H and O–H groups in total. The first kappa shape index (κ1) is 12.2. The van der Waals surface area contributed by atoms with Crippen LogP contribution in [0.2, 0.25) is 0 Å². The largest absolute Gasteiger partial charge is 0.480 e. The van der Waals surface area contributed by atoms with Crippen LogP contribution in [0.4, 0.5) is 0 Å². The van der Waals surface area contributed by atoms with Crippen LogP contribution in [-0.2, 0) is 9.59 Å². The highest BCUT2D eigenvalue weighted by atomic mass is 32.1. The molecular formula is C7H13NO4S. The van der Waals surface area contributed by atoms with Gasteiger partial charge < -0.3 is 15.5 Å². The van der Waals surface area contributed by atoms with Crippen LogP contribution in [0.15, 0.2) is 0 Å². The first-order valence-corrected chi connectivity index (χ1v) is 4.41. The summed E-state index contributed by atoms with van der Waals surface area (Å²) < 4.78 is 0. The first-order valence-electron chi connectivity index (χ1n) is 3.78. The quantitative estimate of drug-likeness (QED) is 0.447. The fourth-order valence-electron chi connectivity index (χ4n) is 0.707. The predicted molar refractivity (Wildman–Crippen MR) is 49.7 cm³/mol. The van der Waals surface area contributed by atoms with Crippen LogP contribution in [0, 0.1) is 0 Å². The maximum Gasteiger partial charge on any atom is 0.327 e. The lowest BCUT2D eigenvalue weighted by Gasteiger charge is -2.12. The monoisotopic (exact) mass is 207 g/mol. The molecule has 13 heavy (non-hydrogen) atoms. The lowest BCUT2D eigenvalue weighted by atomic mass is 10.2. The molecule has 0 bridgehead atoms. The highest BCUT2D eigenvalue weighted by Crippen LogP contribution is 1.93. The molecular weight excluding hydrogens is 194 g/mol. The molecule has 0 aliphatic rings. The van der Waals surface area contributed by atoms with Crippen molar-refractivity contribution in [2.75, 3.05) is 5.75 Å². The smallest absolute Gasteiger partial charge is 0.327 e. The summed E-state index contributed by atoms with van der Waals surface area (Å²) in [5.41, 5.74) is 0. The van der Waals surface area contributed by atoms with E-state index in [1.165, 1.54) is 6.92 Å². The van der Waals surface area contributed by atoms with Gasteiger partial charge in [0.25, 0.3) is 0 Å². The Balaban J connectivity index is 3.94. The van der Waals surface area contributed by atoms with E-state index < -0.39 is 24.0 Å². The second-order valence-electron chi connectivity index (χ2n) is 2.69. The van der Waals surface area contributed by atoms with E-state index in [0.717, 1.165) is 0 Å². The van der Waals surface area contributed by atoms with Crippen LogP contribution in [0.25, 0.3) is 0 Å². The first-order chi connectivity index (χ1) is 5.97. The van der Waals surface area contributed by atoms with Gasteiger partial charge in [-0.25, -0.2) is 4.79 Å². The van der Waals surface area contributed by atoms with Gasteiger partial charge in [0.15, 0.2) is 0 Å². The van der Waals surface area contributed by atoms with Crippen LogP contribution in [0.1, 0.15) is 13.3 Å². The third kappa shape index (κ3) is 5.48. The van der Waals surface area contributed by atoms with Crippen LogP contribution >= 0.6 is 12.6 Å². The van der Waals surface area contributed by atoms with Gasteiger partial charge in [-0.3, -0.25) is 4.79 Å². The minimum atomic E-state index is -1.13. The van der Waals surface area contributed by atoms with E-state index in [1.54, 1.807) is 0 Å². The Kier molecular flexibility index (Phi) is 5.48. The standard InChI is InChI=1S/C7H13NO4S/c1-4(9)2-6(10)8-5(3-13)7(11)12/h4-5,9,13H,2-3H2,1H3,(H,8,10)(H,11,12)/t4?,5-/m0/s1. The van der Waals surface area contributed by atoms with Crippen molar-refractivity contribution >= 4 is 24.5 Å². The number of thiol groups is 1. The fourth-order valence-corrected chi connectivity index (χ4v) is 0.955. The average molecular weight is 207 g/mol. The molecule has 0 rings (SSSR count). The number of hydrogen-bond acceptors (Lipinski definition) is 4. The Morgan fingerprint density at radius 3 is 2.38 bits per heavy atom. The van der Waals surface area contributed by atoms with Crippen molar-refractivity contribution < 1.29 is 19.8 Å². The summed E-state index contributed by atoms with van der Waals surface area (Å²) in [4.78, 5) is 21.4. The summed E-state index contributed by atoms with van der Waals surface area (Å²) in [5.74, 6) is -1.59. The Morgan fingerprint density at radius 2 is 2.08 bits per heavy atom. The van der Waals surface area contributed by atoms with Crippen LogP contribution < -0.4 is 5.32 Å². The molecule has 1 amide bonds. The Bertz CT molecular complexity index is 195. The lowest BCUT2D eigenvalue weighted by molar-refractivity contribution is -0.141. The topological polar surface area (TPSA) is 86.6 Å². The number of carbonyl (C=O) groups is 2. The number of aliphatic carboxylic acids is 1. The van der Waals surface area contributed by atoms with Crippen LogP contribution in [0.3, 0.4) is 0 Å². The van der Waals surface area contributed by atoms with Crippen molar-refractivity contribution in [3.63, 3.8) is 0 Å². The molecule has 0 heterocycles. The normalized spacial score (nSPS) is 14.7. The lowest BCUT2D eigenvalue weighted by Crippen LogP contribution is -2.42. The maximum absolute atomic E-state index is 11.0. The predicted octanol–water partition coefficient (Wildman–Crippen LogP) is -0.744. The minimum absolute atomic E-state index is 0.0287. The Hall–Kier alpha value is -0.750. The molecule has 0 aromatic carbocycles. The van der Waals surface area contributed by atoms with E-state index in [4.69, 9.17) is 10.2 Å². The number of carbonyl (C=O) groups excluding carboxylic acids is 1.